The van der Waals surface area contributed by atoms with E-state index in [1.807, 2.05) is 0 Å². The fourth-order valence-corrected chi connectivity index (χ4v) is 3.02. The molecule has 2 nitrogen and oxygen atoms in total. The van der Waals surface area contributed by atoms with Gasteiger partial charge in [-0.15, -0.1) is 0 Å². The molecule has 110 valence electrons. The van der Waals surface area contributed by atoms with Gasteiger partial charge in [-0.25, -0.2) is 0 Å². The zero-order valence-electron chi connectivity index (χ0n) is 12.8. The first-order valence-corrected chi connectivity index (χ1v) is 7.75. The van der Waals surface area contributed by atoms with Crippen molar-refractivity contribution in [1.29, 1.82) is 0 Å². The molecule has 0 saturated carbocycles. The lowest BCUT2D eigenvalue weighted by molar-refractivity contribution is -0.948. The van der Waals surface area contributed by atoms with Crippen LogP contribution in [-0.2, 0) is 4.74 Å². The molecule has 0 bridgehead atoms. The van der Waals surface area contributed by atoms with E-state index in [-0.39, 0.29) is 12.4 Å². The van der Waals surface area contributed by atoms with E-state index < -0.39 is 0 Å². The van der Waals surface area contributed by atoms with Crippen LogP contribution in [0, 0.1) is 0 Å². The first kappa shape index (κ1) is 18.2. The first-order chi connectivity index (χ1) is 8.24. The monoisotopic (exact) mass is 277 g/mol. The summed E-state index contributed by atoms with van der Waals surface area (Å²) in [6, 6.07) is 0. The molecule has 18 heavy (non-hydrogen) atoms. The SMILES string of the molecule is CCCC[N+](CCC)(CCCC)C1OC1CC.[Cl-]. The van der Waals surface area contributed by atoms with Crippen LogP contribution in [-0.4, -0.2) is 36.4 Å². The molecular weight excluding hydrogens is 246 g/mol. The molecule has 0 aromatic carbocycles. The Morgan fingerprint density at radius 3 is 1.72 bits per heavy atom. The lowest BCUT2D eigenvalue weighted by Gasteiger charge is -2.37. The molecule has 0 radical (unpaired) electrons. The Morgan fingerprint density at radius 2 is 1.39 bits per heavy atom. The number of halogens is 1. The fourth-order valence-electron chi connectivity index (χ4n) is 3.02. The van der Waals surface area contributed by atoms with Crippen molar-refractivity contribution < 1.29 is 21.6 Å². The molecule has 1 saturated heterocycles. The van der Waals surface area contributed by atoms with Gasteiger partial charge in [-0.2, -0.15) is 0 Å². The third kappa shape index (κ3) is 4.71. The maximum atomic E-state index is 5.95. The first-order valence-electron chi connectivity index (χ1n) is 7.75. The van der Waals surface area contributed by atoms with Crippen LogP contribution >= 0.6 is 0 Å². The average Bonchev–Trinajstić information content (AvgIpc) is 3.13. The van der Waals surface area contributed by atoms with E-state index in [0.717, 1.165) is 0 Å². The summed E-state index contributed by atoms with van der Waals surface area (Å²) >= 11 is 0. The van der Waals surface area contributed by atoms with E-state index in [2.05, 4.69) is 27.7 Å². The van der Waals surface area contributed by atoms with Crippen molar-refractivity contribution in [3.8, 4) is 0 Å². The molecule has 3 heteroatoms. The molecule has 0 aromatic rings. The number of hydrogen-bond acceptors (Lipinski definition) is 1. The van der Waals surface area contributed by atoms with Gasteiger partial charge in [0, 0.05) is 0 Å². The van der Waals surface area contributed by atoms with Crippen LogP contribution in [0.15, 0.2) is 0 Å². The number of hydrogen-bond donors (Lipinski definition) is 0. The summed E-state index contributed by atoms with van der Waals surface area (Å²) in [5.74, 6) is 0. The maximum Gasteiger partial charge on any atom is 0.220 e. The zero-order valence-corrected chi connectivity index (χ0v) is 13.5. The van der Waals surface area contributed by atoms with Gasteiger partial charge in [0.25, 0.3) is 0 Å². The molecule has 1 aliphatic heterocycles. The standard InChI is InChI=1S/C15H32NO.ClH/c1-5-9-12-16(11-7-3,13-10-6-2)15-14(8-4)17-15;/h14-15H,5-13H2,1-4H3;1H/q+1;/p-1. The molecular formula is C15H32ClNO. The number of rotatable bonds is 10. The van der Waals surface area contributed by atoms with Gasteiger partial charge in [0.05, 0.1) is 19.6 Å². The smallest absolute Gasteiger partial charge is 0.220 e. The zero-order chi connectivity index (χ0) is 12.7. The van der Waals surface area contributed by atoms with Crippen molar-refractivity contribution >= 4 is 0 Å². The van der Waals surface area contributed by atoms with E-state index in [1.165, 1.54) is 62.6 Å². The van der Waals surface area contributed by atoms with Crippen molar-refractivity contribution in [1.82, 2.24) is 0 Å². The van der Waals surface area contributed by atoms with Crippen molar-refractivity contribution in [3.05, 3.63) is 0 Å². The van der Waals surface area contributed by atoms with Gasteiger partial charge >= 0.3 is 0 Å². The molecule has 0 amide bonds. The van der Waals surface area contributed by atoms with Crippen molar-refractivity contribution in [2.45, 2.75) is 78.6 Å². The molecule has 2 unspecified atom stereocenters. The second-order valence-corrected chi connectivity index (χ2v) is 5.57. The highest BCUT2D eigenvalue weighted by Gasteiger charge is 2.53. The lowest BCUT2D eigenvalue weighted by atomic mass is 10.1. The Labute approximate surface area is 120 Å². The van der Waals surface area contributed by atoms with Gasteiger partial charge in [0.1, 0.15) is 6.10 Å². The van der Waals surface area contributed by atoms with Gasteiger partial charge in [0.2, 0.25) is 6.23 Å². The van der Waals surface area contributed by atoms with Crippen LogP contribution in [0.1, 0.15) is 66.2 Å². The average molecular weight is 278 g/mol. The second kappa shape index (κ2) is 9.17. The molecule has 0 spiro atoms. The summed E-state index contributed by atoms with van der Waals surface area (Å²) in [5.41, 5.74) is 0. The molecule has 1 fully saturated rings. The molecule has 2 atom stereocenters. The van der Waals surface area contributed by atoms with Crippen molar-refractivity contribution in [3.63, 3.8) is 0 Å². The normalized spacial score (nSPS) is 22.7. The molecule has 1 aliphatic rings. The Bertz CT molecular complexity index is 203. The van der Waals surface area contributed by atoms with Gasteiger partial charge in [-0.1, -0.05) is 40.5 Å². The number of nitrogens with zero attached hydrogens (tertiary/aromatic N) is 1. The van der Waals surface area contributed by atoms with E-state index >= 15 is 0 Å². The number of epoxide rings is 1. The number of quaternary nitrogens is 1. The lowest BCUT2D eigenvalue weighted by Crippen LogP contribution is -3.00. The second-order valence-electron chi connectivity index (χ2n) is 5.57. The summed E-state index contributed by atoms with van der Waals surface area (Å²) < 4.78 is 7.20. The topological polar surface area (TPSA) is 12.5 Å². The molecule has 1 rings (SSSR count). The highest BCUT2D eigenvalue weighted by molar-refractivity contribution is 4.77. The summed E-state index contributed by atoms with van der Waals surface area (Å²) in [6.45, 7) is 13.1. The van der Waals surface area contributed by atoms with Crippen LogP contribution in [0.25, 0.3) is 0 Å². The summed E-state index contributed by atoms with van der Waals surface area (Å²) in [6.07, 6.45) is 8.85. The van der Waals surface area contributed by atoms with Crippen LogP contribution in [0.3, 0.4) is 0 Å². The highest BCUT2D eigenvalue weighted by atomic mass is 35.5. The van der Waals surface area contributed by atoms with E-state index in [9.17, 15) is 0 Å². The Kier molecular flexibility index (Phi) is 9.27. The number of ether oxygens (including phenoxy) is 1. The molecule has 0 aliphatic carbocycles. The van der Waals surface area contributed by atoms with Crippen LogP contribution in [0.5, 0.6) is 0 Å². The Balaban J connectivity index is 0.00000289. The van der Waals surface area contributed by atoms with Gasteiger partial charge in [-0.05, 0) is 25.7 Å². The Hall–Kier alpha value is 0.210. The Morgan fingerprint density at radius 1 is 0.833 bits per heavy atom. The van der Waals surface area contributed by atoms with E-state index in [0.29, 0.717) is 12.3 Å². The van der Waals surface area contributed by atoms with E-state index in [4.69, 9.17) is 4.74 Å². The van der Waals surface area contributed by atoms with Gasteiger partial charge in [0.15, 0.2) is 0 Å². The maximum absolute atomic E-state index is 5.95. The summed E-state index contributed by atoms with van der Waals surface area (Å²) in [4.78, 5) is 0. The van der Waals surface area contributed by atoms with Gasteiger partial charge in [-0.3, -0.25) is 4.48 Å². The van der Waals surface area contributed by atoms with Crippen LogP contribution in [0.4, 0.5) is 0 Å². The molecule has 1 heterocycles. The largest absolute Gasteiger partial charge is 1.00 e. The van der Waals surface area contributed by atoms with Crippen molar-refractivity contribution in [2.24, 2.45) is 0 Å². The van der Waals surface area contributed by atoms with E-state index in [1.54, 1.807) is 0 Å². The minimum Gasteiger partial charge on any atom is -1.00 e. The fraction of sp³-hybridized carbons (Fsp3) is 1.00. The van der Waals surface area contributed by atoms with Crippen molar-refractivity contribution in [2.75, 3.05) is 19.6 Å². The predicted molar refractivity (Wildman–Crippen MR) is 73.9 cm³/mol. The van der Waals surface area contributed by atoms with Gasteiger partial charge < -0.3 is 17.1 Å². The molecule has 0 aromatic heterocycles. The quantitative estimate of drug-likeness (QED) is 0.428. The highest BCUT2D eigenvalue weighted by Crippen LogP contribution is 2.36. The summed E-state index contributed by atoms with van der Waals surface area (Å²) in [5, 5.41) is 0. The molecule has 0 N–H and O–H groups in total. The van der Waals surface area contributed by atoms with Crippen LogP contribution < -0.4 is 12.4 Å². The number of unbranched alkanes of at least 4 members (excludes halogenated alkanes) is 2. The summed E-state index contributed by atoms with van der Waals surface area (Å²) in [7, 11) is 0. The minimum absolute atomic E-state index is 0. The predicted octanol–water partition coefficient (Wildman–Crippen LogP) is 0.952. The minimum atomic E-state index is 0. The van der Waals surface area contributed by atoms with Crippen LogP contribution in [0.2, 0.25) is 0 Å². The third-order valence-corrected chi connectivity index (χ3v) is 4.08. The third-order valence-electron chi connectivity index (χ3n) is 4.08.